The molecule has 0 aliphatic rings. The highest BCUT2D eigenvalue weighted by Crippen LogP contribution is 2.23. The molecule has 0 aliphatic heterocycles. The summed E-state index contributed by atoms with van der Waals surface area (Å²) >= 11 is 0. The Kier molecular flexibility index (Phi) is 5.43. The monoisotopic (exact) mass is 438 g/mol. The molecule has 0 saturated heterocycles. The summed E-state index contributed by atoms with van der Waals surface area (Å²) in [6, 6.07) is 15.3. The van der Waals surface area contributed by atoms with Gasteiger partial charge in [0.05, 0.1) is 28.4 Å². The van der Waals surface area contributed by atoms with E-state index in [1.807, 2.05) is 35.0 Å². The van der Waals surface area contributed by atoms with Crippen molar-refractivity contribution < 1.29 is 17.6 Å². The molecule has 0 unspecified atom stereocenters. The number of fused-ring (bicyclic) bond motifs is 1. The molecular formula is C22H19FN4O3S. The molecule has 0 bridgehead atoms. The molecular weight excluding hydrogens is 419 g/mol. The number of carbonyl (C=O) groups is 1. The topological polar surface area (TPSA) is 92.6 Å². The van der Waals surface area contributed by atoms with Crippen LogP contribution in [-0.4, -0.2) is 23.7 Å². The number of hydrogen-bond acceptors (Lipinski definition) is 4. The lowest BCUT2D eigenvalue weighted by molar-refractivity contribution is 0.0951. The van der Waals surface area contributed by atoms with E-state index < -0.39 is 21.7 Å². The first-order chi connectivity index (χ1) is 14.8. The third kappa shape index (κ3) is 4.41. The first-order valence-electron chi connectivity index (χ1n) is 9.42. The fraction of sp³-hybridized carbons (Fsp3) is 0.0909. The zero-order valence-electron chi connectivity index (χ0n) is 16.5. The van der Waals surface area contributed by atoms with Gasteiger partial charge in [-0.2, -0.15) is 0 Å². The Morgan fingerprint density at radius 2 is 1.87 bits per heavy atom. The highest BCUT2D eigenvalue weighted by atomic mass is 32.2. The van der Waals surface area contributed by atoms with Gasteiger partial charge in [0.1, 0.15) is 11.5 Å². The second-order valence-corrected chi connectivity index (χ2v) is 8.59. The Labute approximate surface area is 178 Å². The third-order valence-corrected chi connectivity index (χ3v) is 6.21. The second-order valence-electron chi connectivity index (χ2n) is 6.94. The van der Waals surface area contributed by atoms with Crippen LogP contribution in [0.3, 0.4) is 0 Å². The fourth-order valence-corrected chi connectivity index (χ4v) is 4.53. The van der Waals surface area contributed by atoms with Crippen LogP contribution in [-0.2, 0) is 16.6 Å². The molecule has 2 aromatic heterocycles. The zero-order chi connectivity index (χ0) is 22.0. The lowest BCUT2D eigenvalue weighted by atomic mass is 10.1. The number of nitrogens with one attached hydrogen (secondary N) is 2. The first kappa shape index (κ1) is 20.5. The number of imidazole rings is 1. The summed E-state index contributed by atoms with van der Waals surface area (Å²) in [5.74, 6) is -0.977. The minimum Gasteiger partial charge on any atom is -0.346 e. The van der Waals surface area contributed by atoms with Gasteiger partial charge in [-0.15, -0.1) is 0 Å². The van der Waals surface area contributed by atoms with E-state index >= 15 is 0 Å². The van der Waals surface area contributed by atoms with Gasteiger partial charge in [0.15, 0.2) is 0 Å². The summed E-state index contributed by atoms with van der Waals surface area (Å²) in [6.07, 6.45) is 3.66. The van der Waals surface area contributed by atoms with Crippen molar-refractivity contribution in [3.8, 4) is 0 Å². The molecule has 0 atom stereocenters. The van der Waals surface area contributed by atoms with E-state index in [0.29, 0.717) is 5.69 Å². The average Bonchev–Trinajstić information content (AvgIpc) is 3.15. The minimum atomic E-state index is -4.01. The SMILES string of the molecule is Cc1cc(F)ccc1S(=O)(=O)Nc1ccccc1C(=O)NCc1cn2ccccc2n1. The number of pyridine rings is 1. The van der Waals surface area contributed by atoms with Crippen LogP contribution in [0.15, 0.2) is 78.0 Å². The van der Waals surface area contributed by atoms with Crippen molar-refractivity contribution >= 4 is 27.3 Å². The summed E-state index contributed by atoms with van der Waals surface area (Å²) < 4.78 is 43.2. The number of para-hydroxylation sites is 1. The van der Waals surface area contributed by atoms with Gasteiger partial charge in [0.2, 0.25) is 0 Å². The van der Waals surface area contributed by atoms with Gasteiger partial charge in [0, 0.05) is 12.4 Å². The Morgan fingerprint density at radius 3 is 2.65 bits per heavy atom. The van der Waals surface area contributed by atoms with Crippen molar-refractivity contribution in [3.63, 3.8) is 0 Å². The van der Waals surface area contributed by atoms with Gasteiger partial charge in [-0.05, 0) is 55.0 Å². The number of nitrogens with zero attached hydrogens (tertiary/aromatic N) is 2. The number of halogens is 1. The van der Waals surface area contributed by atoms with E-state index in [2.05, 4.69) is 15.0 Å². The Bertz CT molecular complexity index is 1350. The van der Waals surface area contributed by atoms with Crippen LogP contribution in [0.5, 0.6) is 0 Å². The van der Waals surface area contributed by atoms with Gasteiger partial charge in [-0.25, -0.2) is 17.8 Å². The number of anilines is 1. The normalized spacial score (nSPS) is 11.4. The number of aromatic nitrogens is 2. The van der Waals surface area contributed by atoms with Gasteiger partial charge in [-0.3, -0.25) is 9.52 Å². The molecule has 158 valence electrons. The summed E-state index contributed by atoms with van der Waals surface area (Å²) in [5.41, 5.74) is 1.98. The summed E-state index contributed by atoms with van der Waals surface area (Å²) in [7, 11) is -4.01. The maximum Gasteiger partial charge on any atom is 0.262 e. The predicted octanol–water partition coefficient (Wildman–Crippen LogP) is 3.51. The minimum absolute atomic E-state index is 0.0613. The molecule has 2 aromatic carbocycles. The summed E-state index contributed by atoms with van der Waals surface area (Å²) in [4.78, 5) is 17.1. The van der Waals surface area contributed by atoms with Crippen molar-refractivity contribution in [2.75, 3.05) is 4.72 Å². The quantitative estimate of drug-likeness (QED) is 0.482. The number of sulfonamides is 1. The molecule has 9 heteroatoms. The van der Waals surface area contributed by atoms with E-state index in [4.69, 9.17) is 0 Å². The van der Waals surface area contributed by atoms with Crippen LogP contribution in [0, 0.1) is 12.7 Å². The van der Waals surface area contributed by atoms with Crippen LogP contribution in [0.25, 0.3) is 5.65 Å². The van der Waals surface area contributed by atoms with Crippen LogP contribution in [0.1, 0.15) is 21.6 Å². The van der Waals surface area contributed by atoms with E-state index in [0.717, 1.165) is 17.8 Å². The van der Waals surface area contributed by atoms with Crippen molar-refractivity contribution in [2.24, 2.45) is 0 Å². The number of hydrogen-bond donors (Lipinski definition) is 2. The van der Waals surface area contributed by atoms with Crippen LogP contribution >= 0.6 is 0 Å². The lowest BCUT2D eigenvalue weighted by Gasteiger charge is -2.14. The van der Waals surface area contributed by atoms with Crippen molar-refractivity contribution in [3.05, 3.63) is 95.7 Å². The van der Waals surface area contributed by atoms with E-state index in [-0.39, 0.29) is 28.3 Å². The molecule has 7 nitrogen and oxygen atoms in total. The summed E-state index contributed by atoms with van der Waals surface area (Å²) in [5, 5.41) is 2.76. The van der Waals surface area contributed by atoms with E-state index in [9.17, 15) is 17.6 Å². The molecule has 2 heterocycles. The van der Waals surface area contributed by atoms with Crippen molar-refractivity contribution in [2.45, 2.75) is 18.4 Å². The standard InChI is InChI=1S/C22H19FN4O3S/c1-15-12-16(23)9-10-20(15)31(29,30)26-19-7-3-2-6-18(19)22(28)24-13-17-14-27-11-5-4-8-21(27)25-17/h2-12,14,26H,13H2,1H3,(H,24,28). The predicted molar refractivity (Wildman–Crippen MR) is 115 cm³/mol. The number of aryl methyl sites for hydroxylation is 1. The highest BCUT2D eigenvalue weighted by molar-refractivity contribution is 7.92. The molecule has 0 radical (unpaired) electrons. The molecule has 0 aliphatic carbocycles. The number of carbonyl (C=O) groups excluding carboxylic acids is 1. The molecule has 1 amide bonds. The number of rotatable bonds is 6. The van der Waals surface area contributed by atoms with E-state index in [1.165, 1.54) is 25.1 Å². The van der Waals surface area contributed by atoms with Gasteiger partial charge < -0.3 is 9.72 Å². The Morgan fingerprint density at radius 1 is 1.10 bits per heavy atom. The zero-order valence-corrected chi connectivity index (χ0v) is 17.4. The van der Waals surface area contributed by atoms with Gasteiger partial charge in [-0.1, -0.05) is 18.2 Å². The van der Waals surface area contributed by atoms with Gasteiger partial charge >= 0.3 is 0 Å². The van der Waals surface area contributed by atoms with Crippen molar-refractivity contribution in [1.29, 1.82) is 0 Å². The van der Waals surface area contributed by atoms with Crippen LogP contribution in [0.4, 0.5) is 10.1 Å². The molecule has 0 spiro atoms. The Hall–Kier alpha value is -3.72. The number of amides is 1. The maximum atomic E-state index is 13.4. The van der Waals surface area contributed by atoms with Crippen LogP contribution < -0.4 is 10.0 Å². The highest BCUT2D eigenvalue weighted by Gasteiger charge is 2.20. The van der Waals surface area contributed by atoms with E-state index in [1.54, 1.807) is 12.1 Å². The average molecular weight is 438 g/mol. The molecule has 2 N–H and O–H groups in total. The first-order valence-corrected chi connectivity index (χ1v) is 10.9. The number of benzene rings is 2. The molecule has 4 rings (SSSR count). The molecule has 4 aromatic rings. The molecule has 0 saturated carbocycles. The molecule has 31 heavy (non-hydrogen) atoms. The maximum absolute atomic E-state index is 13.4. The van der Waals surface area contributed by atoms with Gasteiger partial charge in [0.25, 0.3) is 15.9 Å². The van der Waals surface area contributed by atoms with Crippen LogP contribution in [0.2, 0.25) is 0 Å². The molecule has 0 fully saturated rings. The van der Waals surface area contributed by atoms with Crippen molar-refractivity contribution in [1.82, 2.24) is 14.7 Å². The third-order valence-electron chi connectivity index (χ3n) is 4.69. The lowest BCUT2D eigenvalue weighted by Crippen LogP contribution is -2.25. The largest absolute Gasteiger partial charge is 0.346 e. The summed E-state index contributed by atoms with van der Waals surface area (Å²) in [6.45, 7) is 1.68. The fourth-order valence-electron chi connectivity index (χ4n) is 3.22. The smallest absolute Gasteiger partial charge is 0.262 e. The Balaban J connectivity index is 1.54. The second kappa shape index (κ2) is 8.19.